The Bertz CT molecular complexity index is 818. The van der Waals surface area contributed by atoms with Crippen molar-refractivity contribution in [1.82, 2.24) is 4.57 Å². The molecular weight excluding hydrogens is 356 g/mol. The minimum absolute atomic E-state index is 0.112. The number of hydrogen-bond donors (Lipinski definition) is 0. The van der Waals surface area contributed by atoms with E-state index >= 15 is 0 Å². The predicted molar refractivity (Wildman–Crippen MR) is 102 cm³/mol. The van der Waals surface area contributed by atoms with Crippen LogP contribution in [0.4, 0.5) is 0 Å². The van der Waals surface area contributed by atoms with Gasteiger partial charge in [-0.15, -0.1) is 11.6 Å². The average molecular weight is 379 g/mol. The van der Waals surface area contributed by atoms with Crippen LogP contribution >= 0.6 is 11.6 Å². The molecule has 0 N–H and O–H groups in total. The molecule has 0 aliphatic rings. The quantitative estimate of drug-likeness (QED) is 0.298. The third-order valence-electron chi connectivity index (χ3n) is 3.98. The molecule has 5 nitrogen and oxygen atoms in total. The highest BCUT2D eigenvalue weighted by atomic mass is 35.5. The van der Waals surface area contributed by atoms with Gasteiger partial charge in [-0.2, -0.15) is 5.26 Å². The van der Waals surface area contributed by atoms with Crippen LogP contribution in [-0.2, 0) is 11.5 Å². The van der Waals surface area contributed by atoms with Gasteiger partial charge in [0.25, 0.3) is 0 Å². The molecule has 2 rings (SSSR count). The van der Waals surface area contributed by atoms with Gasteiger partial charge in [0.2, 0.25) is 0 Å². The number of benzene rings is 1. The molecular formula is C18H23ClN2O3Si. The molecule has 2 aromatic rings. The fourth-order valence-electron chi connectivity index (χ4n) is 2.59. The smallest absolute Gasteiger partial charge is 0.194 e. The molecule has 0 aliphatic heterocycles. The molecule has 0 radical (unpaired) electrons. The number of carbonyl (C=O) groups excluding carboxylic acids is 1. The maximum atomic E-state index is 12.2. The Hall–Kier alpha value is -1.81. The monoisotopic (exact) mass is 378 g/mol. The Morgan fingerprint density at radius 1 is 1.36 bits per heavy atom. The van der Waals surface area contributed by atoms with Crippen LogP contribution in [0, 0.1) is 11.3 Å². The van der Waals surface area contributed by atoms with Crippen molar-refractivity contribution in [1.29, 1.82) is 5.26 Å². The molecule has 1 heterocycles. The minimum Gasteiger partial charge on any atom is -0.495 e. The van der Waals surface area contributed by atoms with Crippen molar-refractivity contribution in [3.8, 4) is 11.8 Å². The Morgan fingerprint density at radius 2 is 2.08 bits per heavy atom. The van der Waals surface area contributed by atoms with Crippen LogP contribution in [0.1, 0.15) is 16.1 Å². The van der Waals surface area contributed by atoms with E-state index in [1.54, 1.807) is 16.7 Å². The number of aromatic nitrogens is 1. The Labute approximate surface area is 154 Å². The number of halogens is 1. The lowest BCUT2D eigenvalue weighted by molar-refractivity contribution is 0.0836. The standard InChI is InChI=1S/C18H23ClN2O3Si/c1-23-18-13(11-20)5-6-15-14(18)9-16(17(22)10-19)21(15)12-24-7-8-25(2,3)4/h5-6,9H,7-8,10,12H2,1-4H3. The number of fused-ring (bicyclic) bond motifs is 1. The molecule has 0 aliphatic carbocycles. The first-order valence-corrected chi connectivity index (χ1v) is 12.3. The van der Waals surface area contributed by atoms with Crippen molar-refractivity contribution in [2.24, 2.45) is 0 Å². The third kappa shape index (κ3) is 4.43. The number of ketones is 1. The largest absolute Gasteiger partial charge is 0.495 e. The number of alkyl halides is 1. The van der Waals surface area contributed by atoms with Crippen LogP contribution in [0.15, 0.2) is 18.2 Å². The van der Waals surface area contributed by atoms with E-state index in [4.69, 9.17) is 21.1 Å². The summed E-state index contributed by atoms with van der Waals surface area (Å²) in [5, 5.41) is 9.96. The van der Waals surface area contributed by atoms with Gasteiger partial charge in [0.15, 0.2) is 5.78 Å². The number of ether oxygens (including phenoxy) is 2. The molecule has 0 amide bonds. The minimum atomic E-state index is -1.18. The van der Waals surface area contributed by atoms with Gasteiger partial charge in [0.1, 0.15) is 18.5 Å². The van der Waals surface area contributed by atoms with Gasteiger partial charge in [0, 0.05) is 20.1 Å². The molecule has 1 aromatic carbocycles. The van der Waals surface area contributed by atoms with Crippen molar-refractivity contribution in [2.75, 3.05) is 19.6 Å². The Balaban J connectivity index is 2.42. The summed E-state index contributed by atoms with van der Waals surface area (Å²) in [7, 11) is 0.334. The maximum Gasteiger partial charge on any atom is 0.194 e. The molecule has 0 unspecified atom stereocenters. The Kier molecular flexibility index (Phi) is 6.28. The highest BCUT2D eigenvalue weighted by Gasteiger charge is 2.19. The second kappa shape index (κ2) is 8.04. The fraction of sp³-hybridized carbons (Fsp3) is 0.444. The average Bonchev–Trinajstić information content (AvgIpc) is 2.94. The van der Waals surface area contributed by atoms with E-state index in [1.807, 2.05) is 6.07 Å². The summed E-state index contributed by atoms with van der Waals surface area (Å²) in [6.45, 7) is 7.78. The van der Waals surface area contributed by atoms with Crippen LogP contribution in [-0.4, -0.2) is 38.0 Å². The summed E-state index contributed by atoms with van der Waals surface area (Å²) in [6.07, 6.45) is 0. The maximum absolute atomic E-state index is 12.2. The molecule has 0 bridgehead atoms. The molecule has 7 heteroatoms. The number of nitriles is 1. The molecule has 134 valence electrons. The van der Waals surface area contributed by atoms with E-state index in [1.165, 1.54) is 7.11 Å². The second-order valence-electron chi connectivity index (χ2n) is 7.05. The highest BCUT2D eigenvalue weighted by Crippen LogP contribution is 2.32. The lowest BCUT2D eigenvalue weighted by atomic mass is 10.1. The fourth-order valence-corrected chi connectivity index (χ4v) is 3.48. The van der Waals surface area contributed by atoms with Crippen LogP contribution in [0.5, 0.6) is 5.75 Å². The number of methoxy groups -OCH3 is 1. The van der Waals surface area contributed by atoms with Crippen molar-refractivity contribution < 1.29 is 14.3 Å². The molecule has 25 heavy (non-hydrogen) atoms. The molecule has 0 spiro atoms. The molecule has 0 fully saturated rings. The summed E-state index contributed by atoms with van der Waals surface area (Å²) >= 11 is 5.76. The van der Waals surface area contributed by atoms with Crippen molar-refractivity contribution in [3.05, 3.63) is 29.5 Å². The molecule has 0 saturated heterocycles. The summed E-state index contributed by atoms with van der Waals surface area (Å²) < 4.78 is 13.0. The van der Waals surface area contributed by atoms with E-state index in [2.05, 4.69) is 25.7 Å². The van der Waals surface area contributed by atoms with Crippen LogP contribution in [0.3, 0.4) is 0 Å². The van der Waals surface area contributed by atoms with Crippen LogP contribution in [0.25, 0.3) is 10.9 Å². The topological polar surface area (TPSA) is 64.2 Å². The number of Topliss-reactive ketones (excluding diaryl/α,β-unsaturated/α-hetero) is 1. The zero-order valence-electron chi connectivity index (χ0n) is 15.1. The van der Waals surface area contributed by atoms with Gasteiger partial charge in [-0.1, -0.05) is 19.6 Å². The van der Waals surface area contributed by atoms with Crippen LogP contribution in [0.2, 0.25) is 25.7 Å². The molecule has 0 saturated carbocycles. The van der Waals surface area contributed by atoms with Gasteiger partial charge < -0.3 is 14.0 Å². The highest BCUT2D eigenvalue weighted by molar-refractivity contribution is 6.76. The second-order valence-corrected chi connectivity index (χ2v) is 12.9. The predicted octanol–water partition coefficient (Wildman–Crippen LogP) is 4.26. The van der Waals surface area contributed by atoms with E-state index in [0.717, 1.165) is 11.6 Å². The SMILES string of the molecule is COc1c(C#N)ccc2c1cc(C(=O)CCl)n2COCC[Si](C)(C)C. The normalized spacial score (nSPS) is 11.5. The van der Waals surface area contributed by atoms with Gasteiger partial charge in [-0.05, 0) is 24.2 Å². The summed E-state index contributed by atoms with van der Waals surface area (Å²) in [5.74, 6) is 0.162. The first-order chi connectivity index (χ1) is 11.8. The summed E-state index contributed by atoms with van der Waals surface area (Å²) in [4.78, 5) is 12.2. The summed E-state index contributed by atoms with van der Waals surface area (Å²) in [5.41, 5.74) is 1.68. The van der Waals surface area contributed by atoms with E-state index in [9.17, 15) is 10.1 Å². The van der Waals surface area contributed by atoms with Crippen molar-refractivity contribution in [3.63, 3.8) is 0 Å². The zero-order valence-corrected chi connectivity index (χ0v) is 16.8. The van der Waals surface area contributed by atoms with Gasteiger partial charge >= 0.3 is 0 Å². The van der Waals surface area contributed by atoms with Crippen molar-refractivity contribution in [2.45, 2.75) is 32.4 Å². The lowest BCUT2D eigenvalue weighted by Crippen LogP contribution is -2.22. The lowest BCUT2D eigenvalue weighted by Gasteiger charge is -2.16. The van der Waals surface area contributed by atoms with Gasteiger partial charge in [-0.3, -0.25) is 4.79 Å². The number of nitrogens with zero attached hydrogens (tertiary/aromatic N) is 2. The number of carbonyl (C=O) groups is 1. The molecule has 1 aromatic heterocycles. The number of rotatable bonds is 8. The van der Waals surface area contributed by atoms with Crippen molar-refractivity contribution >= 4 is 36.4 Å². The van der Waals surface area contributed by atoms with E-state index < -0.39 is 8.07 Å². The van der Waals surface area contributed by atoms with E-state index in [-0.39, 0.29) is 18.4 Å². The first kappa shape index (κ1) is 19.5. The van der Waals surface area contributed by atoms with Gasteiger partial charge in [0.05, 0.1) is 29.8 Å². The zero-order chi connectivity index (χ0) is 18.6. The van der Waals surface area contributed by atoms with Crippen LogP contribution < -0.4 is 4.74 Å². The molecule has 0 atom stereocenters. The van der Waals surface area contributed by atoms with Gasteiger partial charge in [-0.25, -0.2) is 0 Å². The first-order valence-electron chi connectivity index (χ1n) is 8.09. The van der Waals surface area contributed by atoms with E-state index in [0.29, 0.717) is 29.0 Å². The summed E-state index contributed by atoms with van der Waals surface area (Å²) in [6, 6.07) is 8.38. The Morgan fingerprint density at radius 3 is 2.64 bits per heavy atom. The third-order valence-corrected chi connectivity index (χ3v) is 5.93. The number of hydrogen-bond acceptors (Lipinski definition) is 4.